The van der Waals surface area contributed by atoms with Crippen molar-refractivity contribution in [3.63, 3.8) is 0 Å². The van der Waals surface area contributed by atoms with Gasteiger partial charge in [0.2, 0.25) is 0 Å². The fraction of sp³-hybridized carbons (Fsp3) is 0. The van der Waals surface area contributed by atoms with E-state index in [0.29, 0.717) is 5.56 Å². The number of hydrogen-bond acceptors (Lipinski definition) is 5. The molecule has 130 valence electrons. The maximum Gasteiger partial charge on any atom is 0.155 e. The molecule has 4 aromatic rings. The first-order chi connectivity index (χ1) is 13.2. The molecule has 2 aromatic carbocycles. The summed E-state index contributed by atoms with van der Waals surface area (Å²) in [6.07, 6.45) is 5.49. The summed E-state index contributed by atoms with van der Waals surface area (Å²) in [6, 6.07) is 15.4. The number of fused-ring (bicyclic) bond motifs is 3. The van der Waals surface area contributed by atoms with Gasteiger partial charge in [-0.2, -0.15) is 5.53 Å². The van der Waals surface area contributed by atoms with Gasteiger partial charge in [0.1, 0.15) is 5.82 Å². The average Bonchev–Trinajstić information content (AvgIpc) is 3.18. The van der Waals surface area contributed by atoms with E-state index in [1.54, 1.807) is 11.3 Å². The van der Waals surface area contributed by atoms with Crippen molar-refractivity contribution in [2.24, 2.45) is 16.1 Å². The largest absolute Gasteiger partial charge is 0.382 e. The van der Waals surface area contributed by atoms with Crippen LogP contribution in [0.1, 0.15) is 11.1 Å². The van der Waals surface area contributed by atoms with E-state index >= 15 is 0 Å². The van der Waals surface area contributed by atoms with Gasteiger partial charge < -0.3 is 11.1 Å². The van der Waals surface area contributed by atoms with Gasteiger partial charge in [0.25, 0.3) is 0 Å². The Hall–Kier alpha value is -3.76. The zero-order valence-corrected chi connectivity index (χ0v) is 14.9. The molecule has 4 N–H and O–H groups in total. The second kappa shape index (κ2) is 6.86. The third-order valence-electron chi connectivity index (χ3n) is 4.14. The number of anilines is 2. The van der Waals surface area contributed by atoms with Crippen molar-refractivity contribution in [3.05, 3.63) is 65.0 Å². The topological polar surface area (TPSA) is 99.5 Å². The van der Waals surface area contributed by atoms with E-state index in [0.717, 1.165) is 38.1 Å². The van der Waals surface area contributed by atoms with Gasteiger partial charge in [-0.1, -0.05) is 29.3 Å². The van der Waals surface area contributed by atoms with Crippen LogP contribution in [0.3, 0.4) is 0 Å². The van der Waals surface area contributed by atoms with Crippen LogP contribution in [0.2, 0.25) is 0 Å². The fourth-order valence-electron chi connectivity index (χ4n) is 2.89. The van der Waals surface area contributed by atoms with E-state index < -0.39 is 0 Å². The normalized spacial score (nSPS) is 11.4. The van der Waals surface area contributed by atoms with Gasteiger partial charge in [0.15, 0.2) is 5.84 Å². The molecule has 4 rings (SSSR count). The van der Waals surface area contributed by atoms with Crippen molar-refractivity contribution in [1.82, 2.24) is 4.98 Å². The maximum atomic E-state index is 6.84. The molecule has 0 aliphatic carbocycles. The van der Waals surface area contributed by atoms with Crippen LogP contribution in [-0.2, 0) is 0 Å². The van der Waals surface area contributed by atoms with Crippen LogP contribution in [0.5, 0.6) is 0 Å². The lowest BCUT2D eigenvalue weighted by Crippen LogP contribution is -2.12. The molecule has 0 saturated carbocycles. The molecule has 0 aliphatic heterocycles. The van der Waals surface area contributed by atoms with Crippen molar-refractivity contribution in [2.45, 2.75) is 0 Å². The van der Waals surface area contributed by atoms with Crippen molar-refractivity contribution in [1.29, 1.82) is 5.53 Å². The molecule has 6 nitrogen and oxygen atoms in total. The number of thiophene rings is 1. The molecule has 0 radical (unpaired) electrons. The SMILES string of the molecule is C#Cc1cccc(Nc2nc3cc(/C(N)=N/N=N)ccc3c3sccc23)c1. The Kier molecular flexibility index (Phi) is 4.24. The summed E-state index contributed by atoms with van der Waals surface area (Å²) in [5, 5.41) is 14.0. The average molecular weight is 370 g/mol. The number of nitrogens with zero attached hydrogens (tertiary/aromatic N) is 3. The van der Waals surface area contributed by atoms with Crippen molar-refractivity contribution in [3.8, 4) is 12.3 Å². The Morgan fingerprint density at radius 1 is 1.19 bits per heavy atom. The van der Waals surface area contributed by atoms with Gasteiger partial charge in [-0.05, 0) is 35.7 Å². The van der Waals surface area contributed by atoms with Gasteiger partial charge in [0, 0.05) is 32.3 Å². The van der Waals surface area contributed by atoms with E-state index in [4.69, 9.17) is 22.7 Å². The molecule has 0 spiro atoms. The summed E-state index contributed by atoms with van der Waals surface area (Å²) >= 11 is 1.65. The number of nitrogens with two attached hydrogens (primary N) is 1. The summed E-state index contributed by atoms with van der Waals surface area (Å²) in [4.78, 5) is 4.79. The third-order valence-corrected chi connectivity index (χ3v) is 5.09. The van der Waals surface area contributed by atoms with Gasteiger partial charge in [-0.15, -0.1) is 22.9 Å². The van der Waals surface area contributed by atoms with Crippen LogP contribution in [0, 0.1) is 17.9 Å². The molecule has 7 heteroatoms. The minimum absolute atomic E-state index is 0.177. The third kappa shape index (κ3) is 3.10. The van der Waals surface area contributed by atoms with Crippen LogP contribution >= 0.6 is 11.3 Å². The first-order valence-electron chi connectivity index (χ1n) is 8.04. The molecule has 2 aromatic heterocycles. The number of hydrogen-bond donors (Lipinski definition) is 3. The smallest absolute Gasteiger partial charge is 0.155 e. The summed E-state index contributed by atoms with van der Waals surface area (Å²) in [7, 11) is 0. The van der Waals surface area contributed by atoms with Gasteiger partial charge in [-0.25, -0.2) is 4.98 Å². The lowest BCUT2D eigenvalue weighted by atomic mass is 10.1. The summed E-state index contributed by atoms with van der Waals surface area (Å²) in [5.41, 5.74) is 15.8. The monoisotopic (exact) mass is 370 g/mol. The van der Waals surface area contributed by atoms with E-state index in [9.17, 15) is 0 Å². The lowest BCUT2D eigenvalue weighted by Gasteiger charge is -2.10. The highest BCUT2D eigenvalue weighted by molar-refractivity contribution is 7.18. The minimum Gasteiger partial charge on any atom is -0.382 e. The Bertz CT molecular complexity index is 1250. The standard InChI is InChI=1S/C20H14N6S/c1-2-12-4-3-5-14(10-12)23-20-16-8-9-27-18(16)15-7-6-13(11-17(15)24-20)19(21)25-26-22/h1,3-11H,(H,23,24)(H3,21,22,25). The highest BCUT2D eigenvalue weighted by Crippen LogP contribution is 2.35. The summed E-state index contributed by atoms with van der Waals surface area (Å²) in [5.74, 6) is 3.56. The Labute approximate surface area is 159 Å². The number of pyridine rings is 1. The first kappa shape index (κ1) is 16.7. The Morgan fingerprint density at radius 3 is 2.89 bits per heavy atom. The molecular weight excluding hydrogens is 356 g/mol. The maximum absolute atomic E-state index is 6.84. The molecule has 0 aliphatic rings. The molecule has 2 heterocycles. The fourth-order valence-corrected chi connectivity index (χ4v) is 3.82. The second-order valence-electron chi connectivity index (χ2n) is 5.79. The second-order valence-corrected chi connectivity index (χ2v) is 6.71. The Morgan fingerprint density at radius 2 is 2.07 bits per heavy atom. The van der Waals surface area contributed by atoms with E-state index in [1.807, 2.05) is 53.9 Å². The van der Waals surface area contributed by atoms with Crippen molar-refractivity contribution in [2.75, 3.05) is 5.32 Å². The quantitative estimate of drug-likeness (QED) is 0.158. The van der Waals surface area contributed by atoms with Crippen LogP contribution in [0.4, 0.5) is 11.5 Å². The molecular formula is C20H14N6S. The first-order valence-corrected chi connectivity index (χ1v) is 8.92. The van der Waals surface area contributed by atoms with Crippen LogP contribution in [-0.4, -0.2) is 10.8 Å². The number of aromatic nitrogens is 1. The van der Waals surface area contributed by atoms with Crippen LogP contribution < -0.4 is 11.1 Å². The van der Waals surface area contributed by atoms with Crippen LogP contribution in [0.25, 0.3) is 21.0 Å². The number of benzene rings is 2. The lowest BCUT2D eigenvalue weighted by molar-refractivity contribution is 0.986. The number of terminal acetylenes is 1. The van der Waals surface area contributed by atoms with Gasteiger partial charge >= 0.3 is 0 Å². The molecule has 0 bridgehead atoms. The Balaban J connectivity index is 1.88. The highest BCUT2D eigenvalue weighted by Gasteiger charge is 2.11. The van der Waals surface area contributed by atoms with Crippen molar-refractivity contribution < 1.29 is 0 Å². The zero-order chi connectivity index (χ0) is 18.8. The summed E-state index contributed by atoms with van der Waals surface area (Å²) in [6.45, 7) is 0. The number of amidine groups is 1. The molecule has 0 fully saturated rings. The number of rotatable bonds is 4. The minimum atomic E-state index is 0.177. The summed E-state index contributed by atoms with van der Waals surface area (Å²) < 4.78 is 1.13. The van der Waals surface area contributed by atoms with E-state index in [-0.39, 0.29) is 5.84 Å². The predicted molar refractivity (Wildman–Crippen MR) is 111 cm³/mol. The molecule has 27 heavy (non-hydrogen) atoms. The molecule has 0 amide bonds. The molecule has 0 unspecified atom stereocenters. The number of nitrogens with one attached hydrogen (secondary N) is 2. The van der Waals surface area contributed by atoms with Gasteiger partial charge in [-0.3, -0.25) is 0 Å². The zero-order valence-electron chi connectivity index (χ0n) is 14.1. The van der Waals surface area contributed by atoms with Crippen molar-refractivity contribution >= 4 is 49.7 Å². The molecule has 0 atom stereocenters. The van der Waals surface area contributed by atoms with E-state index in [1.165, 1.54) is 0 Å². The molecule has 0 saturated heterocycles. The van der Waals surface area contributed by atoms with E-state index in [2.05, 4.69) is 21.6 Å². The van der Waals surface area contributed by atoms with Crippen LogP contribution in [0.15, 0.2) is 64.2 Å². The highest BCUT2D eigenvalue weighted by atomic mass is 32.1. The predicted octanol–water partition coefficient (Wildman–Crippen LogP) is 4.83. The van der Waals surface area contributed by atoms with Gasteiger partial charge in [0.05, 0.1) is 5.52 Å².